The summed E-state index contributed by atoms with van der Waals surface area (Å²) in [6.07, 6.45) is 2.57. The molecule has 4 nitrogen and oxygen atoms in total. The first-order valence-corrected chi connectivity index (χ1v) is 8.31. The summed E-state index contributed by atoms with van der Waals surface area (Å²) in [4.78, 5) is 25.1. The molecule has 5 heteroatoms. The molecule has 1 heterocycles. The SMILES string of the molecule is CC(C)(C)OC(=O)N1CCC(CC=O)(c2cccc(Cl)c2)CC1. The Bertz CT molecular complexity index is 572. The summed E-state index contributed by atoms with van der Waals surface area (Å²) in [6, 6.07) is 7.67. The van der Waals surface area contributed by atoms with E-state index in [4.69, 9.17) is 16.3 Å². The molecular formula is C18H24ClNO3. The largest absolute Gasteiger partial charge is 0.444 e. The molecule has 2 rings (SSSR count). The quantitative estimate of drug-likeness (QED) is 0.777. The van der Waals surface area contributed by atoms with E-state index in [1.54, 1.807) is 4.90 Å². The fraction of sp³-hybridized carbons (Fsp3) is 0.556. The normalized spacial score (nSPS) is 17.7. The fourth-order valence-electron chi connectivity index (χ4n) is 3.03. The third-order valence-electron chi connectivity index (χ3n) is 4.28. The second-order valence-electron chi connectivity index (χ2n) is 7.13. The summed E-state index contributed by atoms with van der Waals surface area (Å²) in [5.41, 5.74) is 0.327. The fourth-order valence-corrected chi connectivity index (χ4v) is 3.22. The van der Waals surface area contributed by atoms with Gasteiger partial charge >= 0.3 is 6.09 Å². The van der Waals surface area contributed by atoms with E-state index >= 15 is 0 Å². The number of halogens is 1. The molecule has 1 aliphatic rings. The Morgan fingerprint density at radius 1 is 1.35 bits per heavy atom. The van der Waals surface area contributed by atoms with Crippen LogP contribution in [-0.2, 0) is 14.9 Å². The minimum absolute atomic E-state index is 0.245. The molecule has 1 aromatic carbocycles. The predicted octanol–water partition coefficient (Wildman–Crippen LogP) is 4.20. The van der Waals surface area contributed by atoms with Gasteiger partial charge in [-0.15, -0.1) is 0 Å². The van der Waals surface area contributed by atoms with Crippen LogP contribution in [-0.4, -0.2) is 36.0 Å². The van der Waals surface area contributed by atoms with Crippen molar-refractivity contribution in [1.29, 1.82) is 0 Å². The van der Waals surface area contributed by atoms with E-state index in [0.29, 0.717) is 24.5 Å². The Kier molecular flexibility index (Phi) is 5.35. The lowest BCUT2D eigenvalue weighted by atomic mass is 9.71. The molecule has 0 aromatic heterocycles. The van der Waals surface area contributed by atoms with Gasteiger partial charge in [0.15, 0.2) is 0 Å². The van der Waals surface area contributed by atoms with Crippen LogP contribution in [0.2, 0.25) is 5.02 Å². The van der Waals surface area contributed by atoms with Crippen molar-refractivity contribution in [3.8, 4) is 0 Å². The summed E-state index contributed by atoms with van der Waals surface area (Å²) in [5.74, 6) is 0. The van der Waals surface area contributed by atoms with Crippen molar-refractivity contribution in [3.05, 3.63) is 34.9 Å². The molecule has 0 saturated carbocycles. The first-order chi connectivity index (χ1) is 10.8. The molecule has 1 aliphatic heterocycles. The van der Waals surface area contributed by atoms with E-state index in [-0.39, 0.29) is 11.5 Å². The molecule has 23 heavy (non-hydrogen) atoms. The van der Waals surface area contributed by atoms with E-state index in [9.17, 15) is 9.59 Å². The Morgan fingerprint density at radius 3 is 2.52 bits per heavy atom. The predicted molar refractivity (Wildman–Crippen MR) is 90.9 cm³/mol. The zero-order chi connectivity index (χ0) is 17.1. The summed E-state index contributed by atoms with van der Waals surface area (Å²) in [6.45, 7) is 6.73. The number of carbonyl (C=O) groups excluding carboxylic acids is 2. The maximum absolute atomic E-state index is 12.2. The van der Waals surface area contributed by atoms with Gasteiger partial charge in [-0.3, -0.25) is 0 Å². The van der Waals surface area contributed by atoms with Crippen LogP contribution in [0, 0.1) is 0 Å². The molecule has 1 saturated heterocycles. The van der Waals surface area contributed by atoms with Gasteiger partial charge in [0.1, 0.15) is 11.9 Å². The van der Waals surface area contributed by atoms with Crippen LogP contribution in [0.4, 0.5) is 4.79 Å². The Labute approximate surface area is 142 Å². The van der Waals surface area contributed by atoms with Crippen molar-refractivity contribution in [2.75, 3.05) is 13.1 Å². The lowest BCUT2D eigenvalue weighted by Gasteiger charge is -2.41. The van der Waals surface area contributed by atoms with Crippen molar-refractivity contribution >= 4 is 24.0 Å². The van der Waals surface area contributed by atoms with Crippen LogP contribution in [0.1, 0.15) is 45.6 Å². The smallest absolute Gasteiger partial charge is 0.410 e. The molecule has 1 amide bonds. The summed E-state index contributed by atoms with van der Waals surface area (Å²) in [7, 11) is 0. The summed E-state index contributed by atoms with van der Waals surface area (Å²) in [5, 5.41) is 0.669. The molecule has 0 radical (unpaired) electrons. The van der Waals surface area contributed by atoms with Crippen LogP contribution >= 0.6 is 11.6 Å². The van der Waals surface area contributed by atoms with Crippen molar-refractivity contribution < 1.29 is 14.3 Å². The van der Waals surface area contributed by atoms with Crippen LogP contribution in [0.5, 0.6) is 0 Å². The number of hydrogen-bond donors (Lipinski definition) is 0. The average molecular weight is 338 g/mol. The maximum Gasteiger partial charge on any atom is 0.410 e. The molecule has 1 fully saturated rings. The standard InChI is InChI=1S/C18H24ClNO3/c1-17(2,3)23-16(22)20-10-7-18(8-11-20,9-12-21)14-5-4-6-15(19)13-14/h4-6,12-13H,7-11H2,1-3H3. The van der Waals surface area contributed by atoms with Gasteiger partial charge < -0.3 is 14.4 Å². The van der Waals surface area contributed by atoms with Gasteiger partial charge in [-0.1, -0.05) is 23.7 Å². The van der Waals surface area contributed by atoms with Crippen molar-refractivity contribution in [2.45, 2.75) is 51.0 Å². The van der Waals surface area contributed by atoms with Gasteiger partial charge in [0.05, 0.1) is 0 Å². The first-order valence-electron chi connectivity index (χ1n) is 7.93. The number of benzene rings is 1. The zero-order valence-electron chi connectivity index (χ0n) is 14.0. The highest BCUT2D eigenvalue weighted by molar-refractivity contribution is 6.30. The van der Waals surface area contributed by atoms with Gasteiger partial charge in [-0.05, 0) is 51.3 Å². The number of ether oxygens (including phenoxy) is 1. The van der Waals surface area contributed by atoms with E-state index in [1.165, 1.54) is 0 Å². The highest BCUT2D eigenvalue weighted by Gasteiger charge is 2.38. The summed E-state index contributed by atoms with van der Waals surface area (Å²) < 4.78 is 5.43. The first kappa shape index (κ1) is 17.8. The molecule has 126 valence electrons. The van der Waals surface area contributed by atoms with Gasteiger partial charge in [-0.2, -0.15) is 0 Å². The Morgan fingerprint density at radius 2 is 2.00 bits per heavy atom. The third-order valence-corrected chi connectivity index (χ3v) is 4.52. The molecule has 0 aliphatic carbocycles. The summed E-state index contributed by atoms with van der Waals surface area (Å²) >= 11 is 6.11. The van der Waals surface area contributed by atoms with Crippen LogP contribution in [0.15, 0.2) is 24.3 Å². The van der Waals surface area contributed by atoms with Gasteiger partial charge in [0.25, 0.3) is 0 Å². The topological polar surface area (TPSA) is 46.6 Å². The second kappa shape index (κ2) is 6.91. The van der Waals surface area contributed by atoms with Gasteiger partial charge in [0.2, 0.25) is 0 Å². The Balaban J connectivity index is 2.12. The highest BCUT2D eigenvalue weighted by atomic mass is 35.5. The Hall–Kier alpha value is -1.55. The number of likely N-dealkylation sites (tertiary alicyclic amines) is 1. The molecule has 0 unspecified atom stereocenters. The molecule has 0 bridgehead atoms. The van der Waals surface area contributed by atoms with Crippen LogP contribution in [0.3, 0.4) is 0 Å². The lowest BCUT2D eigenvalue weighted by Crippen LogP contribution is -2.47. The molecule has 0 atom stereocenters. The van der Waals surface area contributed by atoms with E-state index in [2.05, 4.69) is 0 Å². The average Bonchev–Trinajstić information content (AvgIpc) is 2.46. The van der Waals surface area contributed by atoms with Crippen molar-refractivity contribution in [2.24, 2.45) is 0 Å². The number of rotatable bonds is 3. The minimum Gasteiger partial charge on any atom is -0.444 e. The zero-order valence-corrected chi connectivity index (χ0v) is 14.7. The van der Waals surface area contributed by atoms with Crippen molar-refractivity contribution in [3.63, 3.8) is 0 Å². The number of nitrogens with zero attached hydrogens (tertiary/aromatic N) is 1. The maximum atomic E-state index is 12.2. The highest BCUT2D eigenvalue weighted by Crippen LogP contribution is 2.39. The number of hydrogen-bond acceptors (Lipinski definition) is 3. The molecule has 0 N–H and O–H groups in total. The molecule has 1 aromatic rings. The van der Waals surface area contributed by atoms with E-state index < -0.39 is 5.60 Å². The van der Waals surface area contributed by atoms with Gasteiger partial charge in [-0.25, -0.2) is 4.79 Å². The molecular weight excluding hydrogens is 314 g/mol. The van der Waals surface area contributed by atoms with Crippen LogP contribution in [0.25, 0.3) is 0 Å². The number of aldehydes is 1. The lowest BCUT2D eigenvalue weighted by molar-refractivity contribution is -0.109. The number of carbonyl (C=O) groups is 2. The number of amides is 1. The molecule has 0 spiro atoms. The minimum atomic E-state index is -0.499. The second-order valence-corrected chi connectivity index (χ2v) is 7.57. The van der Waals surface area contributed by atoms with Crippen LogP contribution < -0.4 is 0 Å². The van der Waals surface area contributed by atoms with Crippen molar-refractivity contribution in [1.82, 2.24) is 4.90 Å². The monoisotopic (exact) mass is 337 g/mol. The van der Waals surface area contributed by atoms with E-state index in [1.807, 2.05) is 45.0 Å². The number of piperidine rings is 1. The van der Waals surface area contributed by atoms with E-state index in [0.717, 1.165) is 24.7 Å². The van der Waals surface area contributed by atoms with Gasteiger partial charge in [0, 0.05) is 29.9 Å². The third kappa shape index (κ3) is 4.47.